The molecule has 2 aromatic carbocycles. The Kier molecular flexibility index (Phi) is 6.12. The number of rotatable bonds is 4. The van der Waals surface area contributed by atoms with Gasteiger partial charge in [-0.3, -0.25) is 19.2 Å². The maximum Gasteiger partial charge on any atom is 0.308 e. The lowest BCUT2D eigenvalue weighted by molar-refractivity contribution is -0.131. The number of benzene rings is 2. The fourth-order valence-electron chi connectivity index (χ4n) is 3.24. The molecule has 0 saturated heterocycles. The molecular weight excluding hydrogens is 424 g/mol. The smallest absolute Gasteiger partial charge is 0.308 e. The highest BCUT2D eigenvalue weighted by Crippen LogP contribution is 2.35. The van der Waals surface area contributed by atoms with Crippen molar-refractivity contribution in [1.82, 2.24) is 4.57 Å². The number of nitrogens with zero attached hydrogens (tertiary/aromatic N) is 2. The van der Waals surface area contributed by atoms with Crippen molar-refractivity contribution in [1.29, 1.82) is 0 Å². The van der Waals surface area contributed by atoms with Gasteiger partial charge in [0, 0.05) is 20.9 Å². The molecule has 0 spiro atoms. The number of anilines is 1. The average Bonchev–Trinajstić information content (AvgIpc) is 2.71. The zero-order valence-corrected chi connectivity index (χ0v) is 18.0. The first-order valence-electron chi connectivity index (χ1n) is 9.16. The van der Waals surface area contributed by atoms with Crippen LogP contribution in [0.15, 0.2) is 47.3 Å². The van der Waals surface area contributed by atoms with Gasteiger partial charge in [0.05, 0.1) is 28.7 Å². The van der Waals surface area contributed by atoms with Crippen LogP contribution in [0.1, 0.15) is 24.2 Å². The number of carbonyl (C=O) groups excluding carboxylic acids is 3. The molecule has 8 nitrogen and oxygen atoms in total. The van der Waals surface area contributed by atoms with Gasteiger partial charge in [0.2, 0.25) is 5.91 Å². The molecule has 2 amide bonds. The van der Waals surface area contributed by atoms with Crippen LogP contribution in [0, 0.1) is 0 Å². The normalized spacial score (nSPS) is 10.6. The number of pyridine rings is 1. The van der Waals surface area contributed by atoms with E-state index in [0.717, 1.165) is 11.8 Å². The minimum absolute atomic E-state index is 0.178. The number of hydrogen-bond donors (Lipinski definition) is 0. The van der Waals surface area contributed by atoms with Crippen molar-refractivity contribution in [3.8, 4) is 11.5 Å². The van der Waals surface area contributed by atoms with Crippen LogP contribution >= 0.6 is 11.6 Å². The number of halogens is 1. The average molecular weight is 443 g/mol. The standard InChI is InChI=1S/C22H19ClN2O6/c1-12(26)25(14-8-10-15(30-4)11-9-14)22(29)19-20(31-13(2)27)18-16(23)6-5-7-17(18)24(3)21(19)28/h5-11H,1-4H3. The number of ether oxygens (including phenoxy) is 2. The summed E-state index contributed by atoms with van der Waals surface area (Å²) in [4.78, 5) is 51.7. The Balaban J connectivity index is 2.33. The maximum absolute atomic E-state index is 13.5. The number of carbonyl (C=O) groups is 3. The van der Waals surface area contributed by atoms with Gasteiger partial charge in [0.1, 0.15) is 11.3 Å². The van der Waals surface area contributed by atoms with Crippen LogP contribution in [0.2, 0.25) is 5.02 Å². The van der Waals surface area contributed by atoms with Crippen LogP contribution < -0.4 is 19.9 Å². The van der Waals surface area contributed by atoms with Gasteiger partial charge in [-0.05, 0) is 36.4 Å². The predicted molar refractivity (Wildman–Crippen MR) is 116 cm³/mol. The second-order valence-corrected chi connectivity index (χ2v) is 7.06. The highest BCUT2D eigenvalue weighted by molar-refractivity contribution is 6.36. The van der Waals surface area contributed by atoms with Crippen molar-refractivity contribution in [2.45, 2.75) is 13.8 Å². The fraction of sp³-hybridized carbons (Fsp3) is 0.182. The SMILES string of the molecule is COc1ccc(N(C(C)=O)C(=O)c2c(OC(C)=O)c3c(Cl)cccc3n(C)c2=O)cc1. The van der Waals surface area contributed by atoms with E-state index in [-0.39, 0.29) is 21.8 Å². The van der Waals surface area contributed by atoms with Crippen LogP contribution in [0.25, 0.3) is 10.9 Å². The van der Waals surface area contributed by atoms with Gasteiger partial charge in [0.25, 0.3) is 11.5 Å². The first-order valence-corrected chi connectivity index (χ1v) is 9.53. The van der Waals surface area contributed by atoms with Gasteiger partial charge in [0.15, 0.2) is 5.75 Å². The summed E-state index contributed by atoms with van der Waals surface area (Å²) in [6, 6.07) is 10.9. The molecule has 0 aliphatic carbocycles. The molecule has 0 saturated carbocycles. The first kappa shape index (κ1) is 22.0. The van der Waals surface area contributed by atoms with Crippen LogP contribution in [0.5, 0.6) is 11.5 Å². The molecule has 31 heavy (non-hydrogen) atoms. The highest BCUT2D eigenvalue weighted by Gasteiger charge is 2.31. The van der Waals surface area contributed by atoms with E-state index in [1.165, 1.54) is 37.8 Å². The Bertz CT molecular complexity index is 1260. The zero-order valence-electron chi connectivity index (χ0n) is 17.3. The number of methoxy groups -OCH3 is 1. The molecule has 1 aromatic heterocycles. The third-order valence-corrected chi connectivity index (χ3v) is 4.95. The molecule has 0 bridgehead atoms. The van der Waals surface area contributed by atoms with E-state index in [2.05, 4.69) is 0 Å². The summed E-state index contributed by atoms with van der Waals surface area (Å²) < 4.78 is 11.6. The van der Waals surface area contributed by atoms with E-state index in [0.29, 0.717) is 11.3 Å². The van der Waals surface area contributed by atoms with Crippen molar-refractivity contribution in [3.63, 3.8) is 0 Å². The molecule has 0 N–H and O–H groups in total. The third kappa shape index (κ3) is 4.02. The molecule has 160 valence electrons. The minimum Gasteiger partial charge on any atom is -0.497 e. The van der Waals surface area contributed by atoms with Crippen molar-refractivity contribution in [2.75, 3.05) is 12.0 Å². The van der Waals surface area contributed by atoms with Crippen LogP contribution in [0.4, 0.5) is 5.69 Å². The summed E-state index contributed by atoms with van der Waals surface area (Å²) >= 11 is 6.33. The summed E-state index contributed by atoms with van der Waals surface area (Å²) in [5.41, 5.74) is -0.641. The molecule has 0 radical (unpaired) electrons. The lowest BCUT2D eigenvalue weighted by atomic mass is 10.1. The fourth-order valence-corrected chi connectivity index (χ4v) is 3.49. The summed E-state index contributed by atoms with van der Waals surface area (Å²) in [5.74, 6) is -2.10. The number of aromatic nitrogens is 1. The van der Waals surface area contributed by atoms with Crippen molar-refractivity contribution in [3.05, 3.63) is 63.4 Å². The number of imide groups is 1. The number of esters is 1. The van der Waals surface area contributed by atoms with Crippen molar-refractivity contribution < 1.29 is 23.9 Å². The Morgan fingerprint density at radius 2 is 1.68 bits per heavy atom. The van der Waals surface area contributed by atoms with Gasteiger partial charge >= 0.3 is 5.97 Å². The molecule has 3 rings (SSSR count). The van der Waals surface area contributed by atoms with Gasteiger partial charge in [-0.2, -0.15) is 0 Å². The highest BCUT2D eigenvalue weighted by atomic mass is 35.5. The molecule has 0 fully saturated rings. The Hall–Kier alpha value is -3.65. The molecule has 0 aliphatic heterocycles. The molecule has 9 heteroatoms. The summed E-state index contributed by atoms with van der Waals surface area (Å²) in [6.07, 6.45) is 0. The Morgan fingerprint density at radius 1 is 1.03 bits per heavy atom. The molecular formula is C22H19ClN2O6. The summed E-state index contributed by atoms with van der Waals surface area (Å²) in [7, 11) is 2.94. The van der Waals surface area contributed by atoms with Gasteiger partial charge in [-0.1, -0.05) is 17.7 Å². The van der Waals surface area contributed by atoms with Crippen LogP contribution in [-0.2, 0) is 16.6 Å². The zero-order chi connectivity index (χ0) is 22.9. The van der Waals surface area contributed by atoms with Crippen molar-refractivity contribution in [2.24, 2.45) is 7.05 Å². The summed E-state index contributed by atoms with van der Waals surface area (Å²) in [5, 5.41) is 0.389. The monoisotopic (exact) mass is 442 g/mol. The molecule has 3 aromatic rings. The van der Waals surface area contributed by atoms with Crippen molar-refractivity contribution >= 4 is 46.0 Å². The van der Waals surface area contributed by atoms with E-state index in [1.54, 1.807) is 30.3 Å². The number of aryl methyl sites for hydroxylation is 1. The quantitative estimate of drug-likeness (QED) is 0.575. The number of amides is 2. The van der Waals surface area contributed by atoms with Gasteiger partial charge in [-0.15, -0.1) is 0 Å². The lowest BCUT2D eigenvalue weighted by Gasteiger charge is -2.22. The van der Waals surface area contributed by atoms with E-state index in [1.807, 2.05) is 0 Å². The second-order valence-electron chi connectivity index (χ2n) is 6.65. The number of hydrogen-bond acceptors (Lipinski definition) is 6. The van der Waals surface area contributed by atoms with E-state index < -0.39 is 28.9 Å². The predicted octanol–water partition coefficient (Wildman–Crippen LogP) is 3.32. The molecule has 1 heterocycles. The molecule has 0 aliphatic rings. The minimum atomic E-state index is -0.948. The van der Waals surface area contributed by atoms with Crippen LogP contribution in [-0.4, -0.2) is 29.5 Å². The summed E-state index contributed by atoms with van der Waals surface area (Å²) in [6.45, 7) is 2.33. The maximum atomic E-state index is 13.5. The Morgan fingerprint density at radius 3 is 2.23 bits per heavy atom. The number of fused-ring (bicyclic) bond motifs is 1. The first-order chi connectivity index (χ1) is 14.7. The van der Waals surface area contributed by atoms with Gasteiger partial charge < -0.3 is 14.0 Å². The lowest BCUT2D eigenvalue weighted by Crippen LogP contribution is -2.40. The second kappa shape index (κ2) is 8.61. The molecule has 0 atom stereocenters. The third-order valence-electron chi connectivity index (χ3n) is 4.63. The topological polar surface area (TPSA) is 94.9 Å². The van der Waals surface area contributed by atoms with E-state index >= 15 is 0 Å². The van der Waals surface area contributed by atoms with E-state index in [4.69, 9.17) is 21.1 Å². The largest absolute Gasteiger partial charge is 0.497 e. The van der Waals surface area contributed by atoms with E-state index in [9.17, 15) is 19.2 Å². The molecule has 0 unspecified atom stereocenters. The van der Waals surface area contributed by atoms with Gasteiger partial charge in [-0.25, -0.2) is 4.90 Å². The van der Waals surface area contributed by atoms with Crippen LogP contribution in [0.3, 0.4) is 0 Å². The Labute approximate surface area is 182 Å².